The van der Waals surface area contributed by atoms with Crippen molar-refractivity contribution in [2.45, 2.75) is 39.5 Å². The first-order chi connectivity index (χ1) is 15.6. The second kappa shape index (κ2) is 9.86. The minimum absolute atomic E-state index is 0.441. The first kappa shape index (κ1) is 21.9. The van der Waals surface area contributed by atoms with Crippen LogP contribution >= 0.6 is 0 Å². The molecule has 166 valence electrons. The molecule has 2 N–H and O–H groups in total. The van der Waals surface area contributed by atoms with Crippen LogP contribution in [0.1, 0.15) is 48.5 Å². The molecule has 0 unspecified atom stereocenters. The zero-order chi connectivity index (χ0) is 22.5. The van der Waals surface area contributed by atoms with Gasteiger partial charge in [-0.2, -0.15) is 0 Å². The molecule has 1 aliphatic rings. The van der Waals surface area contributed by atoms with Crippen LogP contribution in [0.3, 0.4) is 0 Å². The van der Waals surface area contributed by atoms with Crippen molar-refractivity contribution < 1.29 is 9.53 Å². The molecule has 5 heteroatoms. The monoisotopic (exact) mass is 429 g/mol. The van der Waals surface area contributed by atoms with E-state index in [-0.39, 0.29) is 0 Å². The number of primary amides is 1. The summed E-state index contributed by atoms with van der Waals surface area (Å²) in [6.07, 6.45) is 6.85. The smallest absolute Gasteiger partial charge is 0.249 e. The largest absolute Gasteiger partial charge is 0.494 e. The van der Waals surface area contributed by atoms with Gasteiger partial charge in [0.2, 0.25) is 5.91 Å². The van der Waals surface area contributed by atoms with Gasteiger partial charge in [0.1, 0.15) is 11.6 Å². The van der Waals surface area contributed by atoms with Crippen LogP contribution in [0, 0.1) is 6.92 Å². The number of carbonyl (C=O) groups excluding carboxylic acids is 1. The van der Waals surface area contributed by atoms with Gasteiger partial charge in [-0.05, 0) is 73.7 Å². The maximum atomic E-state index is 12.4. The summed E-state index contributed by atoms with van der Waals surface area (Å²) < 4.78 is 5.59. The van der Waals surface area contributed by atoms with Crippen molar-refractivity contribution in [3.05, 3.63) is 65.9 Å². The number of benzene rings is 2. The highest BCUT2D eigenvalue weighted by atomic mass is 16.5. The molecule has 0 radical (unpaired) electrons. The second-order valence-corrected chi connectivity index (χ2v) is 8.31. The molecule has 0 aliphatic carbocycles. The molecular formula is C27H31N3O2. The van der Waals surface area contributed by atoms with Crippen molar-refractivity contribution in [2.24, 2.45) is 5.73 Å². The first-order valence-electron chi connectivity index (χ1n) is 11.5. The predicted molar refractivity (Wildman–Crippen MR) is 130 cm³/mol. The average Bonchev–Trinajstić information content (AvgIpc) is 3.09. The minimum Gasteiger partial charge on any atom is -0.494 e. The number of amides is 1. The number of rotatable bonds is 6. The Morgan fingerprint density at radius 3 is 2.22 bits per heavy atom. The van der Waals surface area contributed by atoms with Crippen LogP contribution in [0.2, 0.25) is 0 Å². The number of hydrogen-bond donors (Lipinski definition) is 1. The van der Waals surface area contributed by atoms with Crippen LogP contribution in [0.25, 0.3) is 22.3 Å². The topological polar surface area (TPSA) is 68.5 Å². The van der Waals surface area contributed by atoms with Crippen molar-refractivity contribution in [2.75, 3.05) is 24.6 Å². The number of aryl methyl sites for hydroxylation is 1. The van der Waals surface area contributed by atoms with Crippen LogP contribution in [-0.2, 0) is 0 Å². The summed E-state index contributed by atoms with van der Waals surface area (Å²) in [5, 5.41) is 0. The van der Waals surface area contributed by atoms with E-state index in [1.54, 1.807) is 0 Å². The van der Waals surface area contributed by atoms with E-state index >= 15 is 0 Å². The van der Waals surface area contributed by atoms with Gasteiger partial charge in [0.15, 0.2) is 0 Å². The molecule has 2 heterocycles. The van der Waals surface area contributed by atoms with Gasteiger partial charge in [0.05, 0.1) is 6.61 Å². The third kappa shape index (κ3) is 4.62. The third-order valence-electron chi connectivity index (χ3n) is 6.10. The Balaban J connectivity index is 1.78. The number of carbonyl (C=O) groups is 1. The van der Waals surface area contributed by atoms with Gasteiger partial charge in [-0.3, -0.25) is 4.79 Å². The Bertz CT molecular complexity index is 1070. The number of aromatic nitrogens is 1. The molecule has 0 atom stereocenters. The molecule has 5 nitrogen and oxygen atoms in total. The van der Waals surface area contributed by atoms with E-state index in [1.165, 1.54) is 25.7 Å². The van der Waals surface area contributed by atoms with Gasteiger partial charge in [-0.15, -0.1) is 0 Å². The van der Waals surface area contributed by atoms with E-state index in [0.717, 1.165) is 52.5 Å². The molecule has 1 saturated heterocycles. The molecule has 1 fully saturated rings. The molecule has 1 amide bonds. The summed E-state index contributed by atoms with van der Waals surface area (Å²) in [6, 6.07) is 15.9. The summed E-state index contributed by atoms with van der Waals surface area (Å²) in [6.45, 7) is 6.73. The lowest BCUT2D eigenvalue weighted by Crippen LogP contribution is -2.24. The summed E-state index contributed by atoms with van der Waals surface area (Å²) >= 11 is 0. The van der Waals surface area contributed by atoms with Gasteiger partial charge >= 0.3 is 0 Å². The van der Waals surface area contributed by atoms with Crippen molar-refractivity contribution in [3.63, 3.8) is 0 Å². The highest BCUT2D eigenvalue weighted by Gasteiger charge is 2.19. The predicted octanol–water partition coefficient (Wildman–Crippen LogP) is 5.60. The SMILES string of the molecule is CCOc1ccc(-c2c(C)ccc(C(N)=O)c2-c2ccc(N3CCCCCC3)nc2)cc1. The van der Waals surface area contributed by atoms with Gasteiger partial charge in [-0.25, -0.2) is 4.98 Å². The zero-order valence-corrected chi connectivity index (χ0v) is 18.9. The zero-order valence-electron chi connectivity index (χ0n) is 18.9. The summed E-state index contributed by atoms with van der Waals surface area (Å²) in [5.74, 6) is 1.38. The average molecular weight is 430 g/mol. The Labute approximate surface area is 190 Å². The highest BCUT2D eigenvalue weighted by molar-refractivity contribution is 6.04. The minimum atomic E-state index is -0.441. The fourth-order valence-electron chi connectivity index (χ4n) is 4.49. The quantitative estimate of drug-likeness (QED) is 0.554. The van der Waals surface area contributed by atoms with E-state index in [9.17, 15) is 4.79 Å². The van der Waals surface area contributed by atoms with Crippen LogP contribution < -0.4 is 15.4 Å². The molecule has 4 rings (SSSR count). The van der Waals surface area contributed by atoms with Gasteiger partial charge in [-0.1, -0.05) is 31.0 Å². The van der Waals surface area contributed by atoms with Crippen LogP contribution in [0.4, 0.5) is 5.82 Å². The molecule has 0 spiro atoms. The summed E-state index contributed by atoms with van der Waals surface area (Å²) in [4.78, 5) is 19.5. The van der Waals surface area contributed by atoms with E-state index in [1.807, 2.05) is 49.5 Å². The van der Waals surface area contributed by atoms with Crippen LogP contribution in [0.15, 0.2) is 54.7 Å². The number of ether oxygens (including phenoxy) is 1. The van der Waals surface area contributed by atoms with E-state index in [0.29, 0.717) is 12.2 Å². The number of nitrogens with zero attached hydrogens (tertiary/aromatic N) is 2. The van der Waals surface area contributed by atoms with Crippen molar-refractivity contribution in [1.29, 1.82) is 0 Å². The number of hydrogen-bond acceptors (Lipinski definition) is 4. The molecule has 3 aromatic rings. The molecule has 0 bridgehead atoms. The molecule has 2 aromatic carbocycles. The molecule has 0 saturated carbocycles. The molecule has 1 aromatic heterocycles. The Morgan fingerprint density at radius 1 is 0.938 bits per heavy atom. The lowest BCUT2D eigenvalue weighted by molar-refractivity contribution is 0.100. The number of anilines is 1. The lowest BCUT2D eigenvalue weighted by atomic mass is 9.87. The molecule has 32 heavy (non-hydrogen) atoms. The van der Waals surface area contributed by atoms with E-state index < -0.39 is 5.91 Å². The maximum absolute atomic E-state index is 12.4. The fraction of sp³-hybridized carbons (Fsp3) is 0.333. The van der Waals surface area contributed by atoms with Crippen molar-refractivity contribution in [1.82, 2.24) is 4.98 Å². The normalized spacial score (nSPS) is 14.1. The Kier molecular flexibility index (Phi) is 6.74. The maximum Gasteiger partial charge on any atom is 0.249 e. The number of pyridine rings is 1. The van der Waals surface area contributed by atoms with Crippen molar-refractivity contribution >= 4 is 11.7 Å². The Morgan fingerprint density at radius 2 is 1.62 bits per heavy atom. The molecule has 1 aliphatic heterocycles. The van der Waals surface area contributed by atoms with E-state index in [2.05, 4.69) is 24.0 Å². The van der Waals surface area contributed by atoms with Crippen LogP contribution in [-0.4, -0.2) is 30.6 Å². The van der Waals surface area contributed by atoms with Gasteiger partial charge in [0.25, 0.3) is 0 Å². The molecular weight excluding hydrogens is 398 g/mol. The van der Waals surface area contributed by atoms with Gasteiger partial charge < -0.3 is 15.4 Å². The van der Waals surface area contributed by atoms with E-state index in [4.69, 9.17) is 15.5 Å². The highest BCUT2D eigenvalue weighted by Crippen LogP contribution is 2.38. The summed E-state index contributed by atoms with van der Waals surface area (Å²) in [5.41, 5.74) is 11.1. The van der Waals surface area contributed by atoms with Gasteiger partial charge in [0, 0.05) is 36.0 Å². The third-order valence-corrected chi connectivity index (χ3v) is 6.10. The lowest BCUT2D eigenvalue weighted by Gasteiger charge is -2.22. The summed E-state index contributed by atoms with van der Waals surface area (Å²) in [7, 11) is 0. The number of nitrogens with two attached hydrogens (primary N) is 1. The van der Waals surface area contributed by atoms with Crippen molar-refractivity contribution in [3.8, 4) is 28.0 Å². The standard InChI is InChI=1S/C27H31N3O2/c1-3-32-22-12-9-20(10-13-22)25-19(2)8-14-23(27(28)31)26(25)21-11-15-24(29-18-21)30-16-6-4-5-7-17-30/h8-15,18H,3-7,16-17H2,1-2H3,(H2,28,31). The first-order valence-corrected chi connectivity index (χ1v) is 11.5. The Hall–Kier alpha value is -3.34. The van der Waals surface area contributed by atoms with Crippen LogP contribution in [0.5, 0.6) is 5.75 Å². The second-order valence-electron chi connectivity index (χ2n) is 8.31. The fourth-order valence-corrected chi connectivity index (χ4v) is 4.49.